The van der Waals surface area contributed by atoms with E-state index < -0.39 is 5.41 Å². The van der Waals surface area contributed by atoms with E-state index in [9.17, 15) is 4.79 Å². The molecule has 1 heterocycles. The van der Waals surface area contributed by atoms with Crippen LogP contribution in [0.1, 0.15) is 46.5 Å². The maximum absolute atomic E-state index is 12.8. The first-order chi connectivity index (χ1) is 8.38. The molecule has 2 rings (SSSR count). The van der Waals surface area contributed by atoms with Gasteiger partial charge in [-0.25, -0.2) is 0 Å². The average Bonchev–Trinajstić information content (AvgIpc) is 2.71. The first-order valence-corrected chi connectivity index (χ1v) is 7.40. The van der Waals surface area contributed by atoms with Gasteiger partial charge < -0.3 is 10.6 Å². The second-order valence-electron chi connectivity index (χ2n) is 6.41. The Labute approximate surface area is 115 Å². The third kappa shape index (κ3) is 2.04. The molecular weight excluding hydrogens is 244 g/mol. The smallest absolute Gasteiger partial charge is 0.235 e. The van der Waals surface area contributed by atoms with Crippen molar-refractivity contribution in [2.24, 2.45) is 23.0 Å². The normalized spacial score (nSPS) is 35.7. The fourth-order valence-electron chi connectivity index (χ4n) is 3.62. The first kappa shape index (κ1) is 13.8. The van der Waals surface area contributed by atoms with Gasteiger partial charge in [-0.1, -0.05) is 33.0 Å². The number of amides is 1. The van der Waals surface area contributed by atoms with Gasteiger partial charge in [-0.05, 0) is 37.5 Å². The van der Waals surface area contributed by atoms with E-state index in [2.05, 4.69) is 25.7 Å². The Morgan fingerprint density at radius 1 is 1.44 bits per heavy atom. The Kier molecular flexibility index (Phi) is 3.67. The van der Waals surface area contributed by atoms with Crippen LogP contribution in [0.4, 0.5) is 0 Å². The molecule has 0 spiro atoms. The van der Waals surface area contributed by atoms with Gasteiger partial charge in [0, 0.05) is 12.6 Å². The van der Waals surface area contributed by atoms with E-state index >= 15 is 0 Å². The Balaban J connectivity index is 2.17. The molecule has 1 aliphatic carbocycles. The molecule has 1 saturated heterocycles. The predicted octanol–water partition coefficient (Wildman–Crippen LogP) is 2.34. The van der Waals surface area contributed by atoms with E-state index in [1.54, 1.807) is 0 Å². The van der Waals surface area contributed by atoms with Crippen LogP contribution in [0, 0.1) is 17.3 Å². The lowest BCUT2D eigenvalue weighted by Gasteiger charge is -2.47. The highest BCUT2D eigenvalue weighted by atomic mass is 32.1. The van der Waals surface area contributed by atoms with Crippen molar-refractivity contribution < 1.29 is 4.79 Å². The number of carbonyl (C=O) groups is 1. The molecule has 2 fully saturated rings. The molecule has 0 radical (unpaired) electrons. The molecular formula is C14H24N2OS. The summed E-state index contributed by atoms with van der Waals surface area (Å²) in [6.45, 7) is 7.41. The zero-order valence-corrected chi connectivity index (χ0v) is 12.4. The van der Waals surface area contributed by atoms with Crippen molar-refractivity contribution in [2.45, 2.75) is 52.5 Å². The van der Waals surface area contributed by atoms with Gasteiger partial charge in [0.25, 0.3) is 0 Å². The highest BCUT2D eigenvalue weighted by molar-refractivity contribution is 7.80. The molecule has 2 N–H and O–H groups in total. The van der Waals surface area contributed by atoms with Crippen molar-refractivity contribution in [1.82, 2.24) is 4.90 Å². The van der Waals surface area contributed by atoms with E-state index in [1.165, 1.54) is 0 Å². The summed E-state index contributed by atoms with van der Waals surface area (Å²) in [5.41, 5.74) is 5.35. The van der Waals surface area contributed by atoms with E-state index in [-0.39, 0.29) is 5.91 Å². The maximum Gasteiger partial charge on any atom is 0.235 e. The molecule has 3 nitrogen and oxygen atoms in total. The lowest BCUT2D eigenvalue weighted by Crippen LogP contribution is -2.58. The summed E-state index contributed by atoms with van der Waals surface area (Å²) in [5, 5.41) is 0. The summed E-state index contributed by atoms with van der Waals surface area (Å²) in [4.78, 5) is 15.3. The summed E-state index contributed by atoms with van der Waals surface area (Å²) in [6, 6.07) is 0.375. The SMILES string of the molecule is CC1CC(C(=O)N2CCCC2C(C)C)(C(N)=S)C1. The minimum absolute atomic E-state index is 0.198. The van der Waals surface area contributed by atoms with Crippen LogP contribution in [0.3, 0.4) is 0 Å². The van der Waals surface area contributed by atoms with Gasteiger partial charge >= 0.3 is 0 Å². The molecule has 0 aromatic rings. The third-order valence-electron chi connectivity index (χ3n) is 4.60. The number of rotatable bonds is 3. The van der Waals surface area contributed by atoms with Crippen molar-refractivity contribution >= 4 is 23.1 Å². The molecule has 1 atom stereocenters. The van der Waals surface area contributed by atoms with Crippen molar-refractivity contribution in [3.8, 4) is 0 Å². The number of carbonyl (C=O) groups excluding carboxylic acids is 1. The summed E-state index contributed by atoms with van der Waals surface area (Å²) in [6.07, 6.45) is 3.90. The zero-order valence-electron chi connectivity index (χ0n) is 11.6. The zero-order chi connectivity index (χ0) is 13.5. The van der Waals surface area contributed by atoms with Crippen molar-refractivity contribution in [1.29, 1.82) is 0 Å². The first-order valence-electron chi connectivity index (χ1n) is 6.99. The number of thiocarbonyl (C=S) groups is 1. The highest BCUT2D eigenvalue weighted by Crippen LogP contribution is 2.48. The summed E-state index contributed by atoms with van der Waals surface area (Å²) >= 11 is 5.18. The van der Waals surface area contributed by atoms with Crippen LogP contribution < -0.4 is 5.73 Å². The van der Waals surface area contributed by atoms with E-state index in [0.29, 0.717) is 22.9 Å². The maximum atomic E-state index is 12.8. The summed E-state index contributed by atoms with van der Waals surface area (Å²) in [7, 11) is 0. The molecule has 18 heavy (non-hydrogen) atoms. The third-order valence-corrected chi connectivity index (χ3v) is 5.00. The van der Waals surface area contributed by atoms with Gasteiger partial charge in [0.1, 0.15) is 0 Å². The van der Waals surface area contributed by atoms with E-state index in [0.717, 1.165) is 32.2 Å². The average molecular weight is 268 g/mol. The molecule has 2 aliphatic rings. The lowest BCUT2D eigenvalue weighted by molar-refractivity contribution is -0.145. The molecule has 0 aromatic carbocycles. The highest BCUT2D eigenvalue weighted by Gasteiger charge is 2.53. The monoisotopic (exact) mass is 268 g/mol. The fraction of sp³-hybridized carbons (Fsp3) is 0.857. The van der Waals surface area contributed by atoms with Crippen molar-refractivity contribution in [2.75, 3.05) is 6.54 Å². The largest absolute Gasteiger partial charge is 0.392 e. The van der Waals surface area contributed by atoms with Crippen LogP contribution in [-0.2, 0) is 4.79 Å². The van der Waals surface area contributed by atoms with Gasteiger partial charge in [0.05, 0.1) is 10.4 Å². The van der Waals surface area contributed by atoms with Crippen LogP contribution in [0.2, 0.25) is 0 Å². The number of hydrogen-bond donors (Lipinski definition) is 1. The van der Waals surface area contributed by atoms with Gasteiger partial charge in [-0.15, -0.1) is 0 Å². The minimum atomic E-state index is -0.522. The number of hydrogen-bond acceptors (Lipinski definition) is 2. The second-order valence-corrected chi connectivity index (χ2v) is 6.85. The predicted molar refractivity (Wildman–Crippen MR) is 77.2 cm³/mol. The Hall–Kier alpha value is -0.640. The number of nitrogens with zero attached hydrogens (tertiary/aromatic N) is 1. The minimum Gasteiger partial charge on any atom is -0.392 e. The van der Waals surface area contributed by atoms with E-state index in [4.69, 9.17) is 18.0 Å². The van der Waals surface area contributed by atoms with Crippen molar-refractivity contribution in [3.63, 3.8) is 0 Å². The Bertz CT molecular complexity index is 361. The Morgan fingerprint density at radius 3 is 2.50 bits per heavy atom. The van der Waals surface area contributed by atoms with Crippen LogP contribution >= 0.6 is 12.2 Å². The molecule has 1 aliphatic heterocycles. The Morgan fingerprint density at radius 2 is 2.06 bits per heavy atom. The van der Waals surface area contributed by atoms with Crippen LogP contribution in [-0.4, -0.2) is 28.4 Å². The van der Waals surface area contributed by atoms with Gasteiger partial charge in [-0.2, -0.15) is 0 Å². The molecule has 4 heteroatoms. The van der Waals surface area contributed by atoms with Crippen LogP contribution in [0.25, 0.3) is 0 Å². The standard InChI is InChI=1S/C14H24N2OS/c1-9(2)11-5-4-6-16(11)13(17)14(12(15)18)7-10(3)8-14/h9-11H,4-8H2,1-3H3,(H2,15,18). The fourth-order valence-corrected chi connectivity index (χ4v) is 3.88. The molecule has 1 saturated carbocycles. The van der Waals surface area contributed by atoms with E-state index in [1.807, 2.05) is 0 Å². The van der Waals surface area contributed by atoms with Crippen LogP contribution in [0.5, 0.6) is 0 Å². The molecule has 0 aromatic heterocycles. The molecule has 102 valence electrons. The number of nitrogens with two attached hydrogens (primary N) is 1. The number of likely N-dealkylation sites (tertiary alicyclic amines) is 1. The van der Waals surface area contributed by atoms with Crippen molar-refractivity contribution in [3.05, 3.63) is 0 Å². The second kappa shape index (κ2) is 4.80. The van der Waals surface area contributed by atoms with Crippen LogP contribution in [0.15, 0.2) is 0 Å². The summed E-state index contributed by atoms with van der Waals surface area (Å²) in [5.74, 6) is 1.28. The van der Waals surface area contributed by atoms with Gasteiger partial charge in [0.2, 0.25) is 5.91 Å². The topological polar surface area (TPSA) is 46.3 Å². The molecule has 1 amide bonds. The molecule has 0 bridgehead atoms. The van der Waals surface area contributed by atoms with Gasteiger partial charge in [0.15, 0.2) is 0 Å². The quantitative estimate of drug-likeness (QED) is 0.799. The summed E-state index contributed by atoms with van der Waals surface area (Å²) < 4.78 is 0. The van der Waals surface area contributed by atoms with Gasteiger partial charge in [-0.3, -0.25) is 4.79 Å². The molecule has 1 unspecified atom stereocenters. The lowest BCUT2D eigenvalue weighted by atomic mass is 9.61.